The monoisotopic (exact) mass is 283 g/mol. The summed E-state index contributed by atoms with van der Waals surface area (Å²) in [4.78, 5) is 12.2. The van der Waals surface area contributed by atoms with Crippen molar-refractivity contribution in [2.24, 2.45) is 0 Å². The highest BCUT2D eigenvalue weighted by Crippen LogP contribution is 2.15. The number of aryl methyl sites for hydroxylation is 1. The standard InChI is InChI=1S/C17H11F2NO/c1-11-3-2-4-13(7-11)17(21)14(10-20)8-12-5-6-15(18)16(19)9-12/h2-9H,1H3/b14-8+. The van der Waals surface area contributed by atoms with Crippen LogP contribution in [0.3, 0.4) is 0 Å². The molecule has 4 heteroatoms. The number of rotatable bonds is 3. The maximum Gasteiger partial charge on any atom is 0.203 e. The molecule has 0 aliphatic heterocycles. The van der Waals surface area contributed by atoms with Gasteiger partial charge in [-0.1, -0.05) is 29.8 Å². The second-order valence-corrected chi connectivity index (χ2v) is 4.54. The summed E-state index contributed by atoms with van der Waals surface area (Å²) in [6.45, 7) is 1.84. The van der Waals surface area contributed by atoms with Crippen LogP contribution < -0.4 is 0 Å². The van der Waals surface area contributed by atoms with E-state index in [1.807, 2.05) is 13.0 Å². The minimum Gasteiger partial charge on any atom is -0.288 e. The smallest absolute Gasteiger partial charge is 0.203 e. The molecule has 2 rings (SSSR count). The Morgan fingerprint density at radius 1 is 1.14 bits per heavy atom. The fourth-order valence-corrected chi connectivity index (χ4v) is 1.86. The van der Waals surface area contributed by atoms with Gasteiger partial charge in [-0.15, -0.1) is 0 Å². The van der Waals surface area contributed by atoms with Crippen molar-refractivity contribution in [2.75, 3.05) is 0 Å². The second kappa shape index (κ2) is 6.10. The third kappa shape index (κ3) is 3.40. The fraction of sp³-hybridized carbons (Fsp3) is 0.0588. The summed E-state index contributed by atoms with van der Waals surface area (Å²) in [5.74, 6) is -2.45. The molecule has 0 bridgehead atoms. The Balaban J connectivity index is 2.39. The van der Waals surface area contributed by atoms with E-state index < -0.39 is 17.4 Å². The largest absolute Gasteiger partial charge is 0.288 e. The maximum absolute atomic E-state index is 13.1. The lowest BCUT2D eigenvalue weighted by atomic mass is 10.0. The lowest BCUT2D eigenvalue weighted by Crippen LogP contribution is -2.02. The SMILES string of the molecule is Cc1cccc(C(=O)/C(C#N)=C/c2ccc(F)c(F)c2)c1. The van der Waals surface area contributed by atoms with Gasteiger partial charge in [-0.25, -0.2) is 8.78 Å². The molecule has 2 nitrogen and oxygen atoms in total. The lowest BCUT2D eigenvalue weighted by molar-refractivity contribution is 0.104. The summed E-state index contributed by atoms with van der Waals surface area (Å²) in [7, 11) is 0. The minimum absolute atomic E-state index is 0.133. The summed E-state index contributed by atoms with van der Waals surface area (Å²) in [6.07, 6.45) is 1.24. The third-order valence-electron chi connectivity index (χ3n) is 2.90. The first kappa shape index (κ1) is 14.6. The van der Waals surface area contributed by atoms with E-state index in [1.54, 1.807) is 24.3 Å². The molecular weight excluding hydrogens is 272 g/mol. The van der Waals surface area contributed by atoms with Gasteiger partial charge >= 0.3 is 0 Å². The minimum atomic E-state index is -1.02. The van der Waals surface area contributed by atoms with E-state index in [-0.39, 0.29) is 11.1 Å². The molecule has 0 aromatic heterocycles. The Morgan fingerprint density at radius 2 is 1.90 bits per heavy atom. The maximum atomic E-state index is 13.1. The number of hydrogen-bond acceptors (Lipinski definition) is 2. The second-order valence-electron chi connectivity index (χ2n) is 4.54. The van der Waals surface area contributed by atoms with Crippen LogP contribution in [-0.2, 0) is 0 Å². The van der Waals surface area contributed by atoms with Crippen molar-refractivity contribution >= 4 is 11.9 Å². The average Bonchev–Trinajstić information content (AvgIpc) is 2.47. The Hall–Kier alpha value is -2.80. The molecule has 0 fully saturated rings. The van der Waals surface area contributed by atoms with Gasteiger partial charge in [0.05, 0.1) is 0 Å². The number of carbonyl (C=O) groups excluding carboxylic acids is 1. The van der Waals surface area contributed by atoms with Gasteiger partial charge in [0.25, 0.3) is 0 Å². The van der Waals surface area contributed by atoms with Gasteiger partial charge in [0, 0.05) is 5.56 Å². The highest BCUT2D eigenvalue weighted by atomic mass is 19.2. The van der Waals surface area contributed by atoms with E-state index in [0.29, 0.717) is 5.56 Å². The van der Waals surface area contributed by atoms with Gasteiger partial charge in [-0.2, -0.15) is 5.26 Å². The van der Waals surface area contributed by atoms with Crippen LogP contribution in [0.4, 0.5) is 8.78 Å². The molecule has 0 heterocycles. The predicted molar refractivity (Wildman–Crippen MR) is 75.5 cm³/mol. The predicted octanol–water partition coefficient (Wildman–Crippen LogP) is 4.06. The van der Waals surface area contributed by atoms with E-state index >= 15 is 0 Å². The molecule has 0 spiro atoms. The first-order valence-corrected chi connectivity index (χ1v) is 6.19. The fourth-order valence-electron chi connectivity index (χ4n) is 1.86. The summed E-state index contributed by atoms with van der Waals surface area (Å²) >= 11 is 0. The summed E-state index contributed by atoms with van der Waals surface area (Å²) in [5.41, 5.74) is 1.40. The summed E-state index contributed by atoms with van der Waals surface area (Å²) in [6, 6.07) is 11.8. The normalized spacial score (nSPS) is 11.0. The molecule has 0 aliphatic rings. The average molecular weight is 283 g/mol. The number of halogens is 2. The molecule has 0 unspecified atom stereocenters. The molecule has 2 aromatic carbocycles. The zero-order valence-electron chi connectivity index (χ0n) is 11.2. The Kier molecular flexibility index (Phi) is 4.24. The molecule has 0 saturated carbocycles. The molecule has 2 aromatic rings. The number of Topliss-reactive ketones (excluding diaryl/α,β-unsaturated/α-hetero) is 1. The molecule has 0 aliphatic carbocycles. The number of benzene rings is 2. The molecule has 0 N–H and O–H groups in total. The number of carbonyl (C=O) groups is 1. The van der Waals surface area contributed by atoms with Crippen LogP contribution in [-0.4, -0.2) is 5.78 Å². The zero-order valence-corrected chi connectivity index (χ0v) is 11.2. The van der Waals surface area contributed by atoms with E-state index in [2.05, 4.69) is 0 Å². The van der Waals surface area contributed by atoms with Gasteiger partial charge in [0.1, 0.15) is 11.6 Å². The first-order valence-electron chi connectivity index (χ1n) is 6.19. The van der Waals surface area contributed by atoms with Crippen LogP contribution in [0.25, 0.3) is 6.08 Å². The van der Waals surface area contributed by atoms with Crippen molar-refractivity contribution in [2.45, 2.75) is 6.92 Å². The summed E-state index contributed by atoms with van der Waals surface area (Å²) < 4.78 is 26.0. The molecule has 0 saturated heterocycles. The molecule has 104 valence electrons. The van der Waals surface area contributed by atoms with E-state index in [9.17, 15) is 13.6 Å². The third-order valence-corrected chi connectivity index (χ3v) is 2.90. The van der Waals surface area contributed by atoms with E-state index in [4.69, 9.17) is 5.26 Å². The summed E-state index contributed by atoms with van der Waals surface area (Å²) in [5, 5.41) is 9.11. The molecule has 0 amide bonds. The highest BCUT2D eigenvalue weighted by molar-refractivity contribution is 6.14. The highest BCUT2D eigenvalue weighted by Gasteiger charge is 2.12. The van der Waals surface area contributed by atoms with Gasteiger partial charge in [-0.3, -0.25) is 4.79 Å². The van der Waals surface area contributed by atoms with Gasteiger partial charge < -0.3 is 0 Å². The van der Waals surface area contributed by atoms with Crippen molar-refractivity contribution < 1.29 is 13.6 Å². The number of hydrogen-bond donors (Lipinski definition) is 0. The van der Waals surface area contributed by atoms with Crippen LogP contribution in [0, 0.1) is 29.9 Å². The quantitative estimate of drug-likeness (QED) is 0.484. The number of nitrogens with zero attached hydrogens (tertiary/aromatic N) is 1. The van der Waals surface area contributed by atoms with Crippen LogP contribution in [0.2, 0.25) is 0 Å². The van der Waals surface area contributed by atoms with Crippen LogP contribution in [0.1, 0.15) is 21.5 Å². The molecule has 0 radical (unpaired) electrons. The van der Waals surface area contributed by atoms with Gasteiger partial charge in [0.15, 0.2) is 11.6 Å². The van der Waals surface area contributed by atoms with Crippen molar-refractivity contribution in [3.8, 4) is 6.07 Å². The van der Waals surface area contributed by atoms with Crippen molar-refractivity contribution in [1.29, 1.82) is 5.26 Å². The van der Waals surface area contributed by atoms with Crippen LogP contribution >= 0.6 is 0 Å². The molecule has 0 atom stereocenters. The topological polar surface area (TPSA) is 40.9 Å². The van der Waals surface area contributed by atoms with Crippen LogP contribution in [0.5, 0.6) is 0 Å². The zero-order chi connectivity index (χ0) is 15.4. The number of nitriles is 1. The Morgan fingerprint density at radius 3 is 2.52 bits per heavy atom. The van der Waals surface area contributed by atoms with Gasteiger partial charge in [0.2, 0.25) is 5.78 Å². The van der Waals surface area contributed by atoms with Crippen molar-refractivity contribution in [3.05, 3.63) is 76.4 Å². The molecule has 21 heavy (non-hydrogen) atoms. The van der Waals surface area contributed by atoms with Crippen molar-refractivity contribution in [3.63, 3.8) is 0 Å². The van der Waals surface area contributed by atoms with E-state index in [1.165, 1.54) is 12.1 Å². The lowest BCUT2D eigenvalue weighted by Gasteiger charge is -2.01. The number of allylic oxidation sites excluding steroid dienone is 1. The van der Waals surface area contributed by atoms with Crippen LogP contribution in [0.15, 0.2) is 48.0 Å². The van der Waals surface area contributed by atoms with E-state index in [0.717, 1.165) is 17.7 Å². The number of ketones is 1. The molecular formula is C17H11F2NO. The Labute approximate surface area is 121 Å². The Bertz CT molecular complexity index is 773. The first-order chi connectivity index (χ1) is 10.0. The van der Waals surface area contributed by atoms with Gasteiger partial charge in [-0.05, 0) is 36.8 Å². The van der Waals surface area contributed by atoms with Crippen molar-refractivity contribution in [1.82, 2.24) is 0 Å².